The van der Waals surface area contributed by atoms with Crippen molar-refractivity contribution in [3.63, 3.8) is 0 Å². The summed E-state index contributed by atoms with van der Waals surface area (Å²) in [6.45, 7) is 13.7. The number of hydrogen-bond donors (Lipinski definition) is 7. The van der Waals surface area contributed by atoms with E-state index in [0.29, 0.717) is 25.4 Å². The predicted octanol–water partition coefficient (Wildman–Crippen LogP) is 1.82. The highest BCUT2D eigenvalue weighted by Gasteiger charge is 2.80. The lowest BCUT2D eigenvalue weighted by Crippen LogP contribution is -2.74. The molecule has 1 spiro atoms. The van der Waals surface area contributed by atoms with Crippen molar-refractivity contribution in [1.29, 1.82) is 0 Å². The van der Waals surface area contributed by atoms with Gasteiger partial charge in [0.2, 0.25) is 0 Å². The molecule has 3 heterocycles. The molecule has 2 bridgehead atoms. The van der Waals surface area contributed by atoms with Gasteiger partial charge in [-0.3, -0.25) is 0 Å². The fraction of sp³-hybridized carbons (Fsp3) is 0.976. The van der Waals surface area contributed by atoms with Crippen molar-refractivity contribution in [3.8, 4) is 0 Å². The molecule has 8 aliphatic rings. The number of aliphatic hydroxyl groups is 7. The maximum Gasteiger partial charge on any atom is 0.187 e. The zero-order chi connectivity index (χ0) is 39.0. The molecule has 54 heavy (non-hydrogen) atoms. The summed E-state index contributed by atoms with van der Waals surface area (Å²) in [7, 11) is 0. The van der Waals surface area contributed by atoms with Gasteiger partial charge in [0, 0.05) is 16.2 Å². The van der Waals surface area contributed by atoms with Crippen LogP contribution in [0.3, 0.4) is 0 Å². The first kappa shape index (κ1) is 40.0. The van der Waals surface area contributed by atoms with E-state index in [-0.39, 0.29) is 57.2 Å². The van der Waals surface area contributed by atoms with Gasteiger partial charge in [-0.2, -0.15) is 0 Å². The Kier molecular flexibility index (Phi) is 9.70. The lowest BCUT2D eigenvalue weighted by molar-refractivity contribution is -0.368. The van der Waals surface area contributed by atoms with Crippen LogP contribution in [-0.4, -0.2) is 135 Å². The minimum absolute atomic E-state index is 0.0433. The number of aldehydes is 1. The summed E-state index contributed by atoms with van der Waals surface area (Å²) >= 11 is 0. The van der Waals surface area contributed by atoms with Crippen LogP contribution in [0.2, 0.25) is 0 Å². The molecule has 5 saturated carbocycles. The van der Waals surface area contributed by atoms with E-state index in [0.717, 1.165) is 57.7 Å². The largest absolute Gasteiger partial charge is 0.394 e. The van der Waals surface area contributed by atoms with E-state index < -0.39 is 73.4 Å². The first-order valence-electron chi connectivity index (χ1n) is 20.7. The Morgan fingerprint density at radius 3 is 2.17 bits per heavy atom. The van der Waals surface area contributed by atoms with Crippen LogP contribution in [-0.2, 0) is 28.5 Å². The maximum atomic E-state index is 12.4. The fourth-order valence-corrected chi connectivity index (χ4v) is 14.7. The van der Waals surface area contributed by atoms with Gasteiger partial charge in [-0.1, -0.05) is 41.5 Å². The lowest BCUT2D eigenvalue weighted by Gasteiger charge is -2.75. The molecule has 8 rings (SSSR count). The summed E-state index contributed by atoms with van der Waals surface area (Å²) in [5.41, 5.74) is -1.82. The van der Waals surface area contributed by atoms with Crippen LogP contribution in [0.5, 0.6) is 0 Å². The molecule has 0 amide bonds. The van der Waals surface area contributed by atoms with Crippen molar-refractivity contribution in [2.45, 2.75) is 179 Å². The summed E-state index contributed by atoms with van der Waals surface area (Å²) in [6.07, 6.45) is -3.93. The number of fused-ring (bicyclic) bond motifs is 4. The summed E-state index contributed by atoms with van der Waals surface area (Å²) in [5, 5.41) is 74.9. The van der Waals surface area contributed by atoms with Crippen LogP contribution in [0.15, 0.2) is 0 Å². The maximum absolute atomic E-state index is 12.4. The van der Waals surface area contributed by atoms with Gasteiger partial charge in [0.1, 0.15) is 49.0 Å². The third-order valence-electron chi connectivity index (χ3n) is 18.1. The monoisotopic (exact) mass is 766 g/mol. The molecule has 0 aromatic rings. The Balaban J connectivity index is 1.04. The quantitative estimate of drug-likeness (QED) is 0.153. The summed E-state index contributed by atoms with van der Waals surface area (Å²) in [4.78, 5) is 12.4. The van der Waals surface area contributed by atoms with Gasteiger partial charge in [-0.25, -0.2) is 0 Å². The molecular formula is C41H66O13. The zero-order valence-electron chi connectivity index (χ0n) is 32.9. The van der Waals surface area contributed by atoms with E-state index in [1.807, 2.05) is 0 Å². The summed E-state index contributed by atoms with van der Waals surface area (Å²) < 4.78 is 31.4. The molecule has 3 saturated heterocycles. The SMILES string of the molecule is CC1(C=O)CCC23COC4(CCC5C6(C)CCC(OC7OCC(O)C(O)C7OC7OC(CO)C(O)C(O)C7O)C(C)(C)C6CCC5(C)C4(C)CC2O)C3C1. The molecule has 13 nitrogen and oxygen atoms in total. The second-order valence-corrected chi connectivity index (χ2v) is 20.6. The molecule has 0 radical (unpaired) electrons. The highest BCUT2D eigenvalue weighted by atomic mass is 16.8. The molecule has 3 aliphatic heterocycles. The molecule has 8 fully saturated rings. The Bertz CT molecular complexity index is 1440. The second kappa shape index (κ2) is 13.1. The zero-order valence-corrected chi connectivity index (χ0v) is 32.9. The first-order valence-corrected chi connectivity index (χ1v) is 20.7. The van der Waals surface area contributed by atoms with Gasteiger partial charge in [-0.15, -0.1) is 0 Å². The Hall–Kier alpha value is -0.810. The molecule has 308 valence electrons. The van der Waals surface area contributed by atoms with E-state index in [1.54, 1.807) is 0 Å². The van der Waals surface area contributed by atoms with Crippen LogP contribution < -0.4 is 0 Å². The van der Waals surface area contributed by atoms with Crippen LogP contribution in [0.25, 0.3) is 0 Å². The molecule has 20 unspecified atom stereocenters. The Morgan fingerprint density at radius 2 is 1.46 bits per heavy atom. The highest BCUT2D eigenvalue weighted by Crippen LogP contribution is 2.80. The average molecular weight is 767 g/mol. The standard InChI is InChI=1S/C41H66O13/c1-35(2)23-7-11-38(5)24(8-12-41-25-15-36(3,19-43)13-14-40(25,20-51-41)26(45)16-39(38,41)6)37(23,4)10-9-27(35)53-34-32(28(46)21(44)18-50-34)54-33-31(49)30(48)29(47)22(17-42)52-33/h19,21-34,42,44-49H,7-18,20H2,1-6H3. The fourth-order valence-electron chi connectivity index (χ4n) is 14.7. The molecule has 0 aromatic carbocycles. The van der Waals surface area contributed by atoms with Gasteiger partial charge < -0.3 is 64.2 Å². The number of carbonyl (C=O) groups excluding carboxylic acids is 1. The van der Waals surface area contributed by atoms with Gasteiger partial charge in [0.05, 0.1) is 37.6 Å². The number of aliphatic hydroxyl groups excluding tert-OH is 7. The number of carbonyl (C=O) groups is 1. The first-order chi connectivity index (χ1) is 25.3. The number of rotatable bonds is 6. The minimum atomic E-state index is -1.70. The van der Waals surface area contributed by atoms with Crippen LogP contribution in [0, 0.1) is 50.2 Å². The van der Waals surface area contributed by atoms with Crippen LogP contribution in [0.4, 0.5) is 0 Å². The van der Waals surface area contributed by atoms with E-state index in [4.69, 9.17) is 23.7 Å². The lowest BCUT2D eigenvalue weighted by atomic mass is 9.30. The summed E-state index contributed by atoms with van der Waals surface area (Å²) in [5.74, 6) is 0.789. The molecule has 20 atom stereocenters. The third kappa shape index (κ3) is 5.22. The molecule has 0 aromatic heterocycles. The van der Waals surface area contributed by atoms with E-state index in [1.165, 1.54) is 0 Å². The average Bonchev–Trinajstić information content (AvgIpc) is 3.41. The van der Waals surface area contributed by atoms with Gasteiger partial charge >= 0.3 is 0 Å². The van der Waals surface area contributed by atoms with Gasteiger partial charge in [0.15, 0.2) is 12.6 Å². The summed E-state index contributed by atoms with van der Waals surface area (Å²) in [6, 6.07) is 0. The van der Waals surface area contributed by atoms with Crippen molar-refractivity contribution in [3.05, 3.63) is 0 Å². The van der Waals surface area contributed by atoms with Crippen molar-refractivity contribution in [2.75, 3.05) is 19.8 Å². The third-order valence-corrected chi connectivity index (χ3v) is 18.1. The van der Waals surface area contributed by atoms with E-state index in [9.17, 15) is 40.5 Å². The van der Waals surface area contributed by atoms with Crippen molar-refractivity contribution >= 4 is 6.29 Å². The van der Waals surface area contributed by atoms with E-state index >= 15 is 0 Å². The minimum Gasteiger partial charge on any atom is -0.394 e. The van der Waals surface area contributed by atoms with Crippen molar-refractivity contribution in [1.82, 2.24) is 0 Å². The van der Waals surface area contributed by atoms with Gasteiger partial charge in [0.25, 0.3) is 0 Å². The molecule has 5 aliphatic carbocycles. The highest BCUT2D eigenvalue weighted by molar-refractivity contribution is 5.59. The van der Waals surface area contributed by atoms with Gasteiger partial charge in [-0.05, 0) is 98.2 Å². The van der Waals surface area contributed by atoms with Crippen LogP contribution in [0.1, 0.15) is 106 Å². The smallest absolute Gasteiger partial charge is 0.187 e. The van der Waals surface area contributed by atoms with Crippen molar-refractivity contribution in [2.24, 2.45) is 50.2 Å². The topological polar surface area (TPSA) is 205 Å². The molecule has 13 heteroatoms. The number of ether oxygens (including phenoxy) is 5. The Labute approximate surface area is 319 Å². The second-order valence-electron chi connectivity index (χ2n) is 20.6. The predicted molar refractivity (Wildman–Crippen MR) is 191 cm³/mol. The molecule has 7 N–H and O–H groups in total. The van der Waals surface area contributed by atoms with E-state index in [2.05, 4.69) is 41.5 Å². The Morgan fingerprint density at radius 1 is 0.741 bits per heavy atom. The van der Waals surface area contributed by atoms with Crippen LogP contribution >= 0.6 is 0 Å². The van der Waals surface area contributed by atoms with Crippen molar-refractivity contribution < 1.29 is 64.2 Å². The number of hydrogen-bond acceptors (Lipinski definition) is 13. The normalized spacial score (nSPS) is 59.4. The molecular weight excluding hydrogens is 700 g/mol.